The van der Waals surface area contributed by atoms with Crippen LogP contribution < -0.4 is 5.73 Å². The summed E-state index contributed by atoms with van der Waals surface area (Å²) in [6, 6.07) is 6.03. The average molecular weight is 216 g/mol. The lowest BCUT2D eigenvalue weighted by atomic mass is 10.1. The van der Waals surface area contributed by atoms with Gasteiger partial charge in [-0.05, 0) is 19.0 Å². The number of nitrogens with zero attached hydrogens (tertiary/aromatic N) is 1. The zero-order valence-corrected chi connectivity index (χ0v) is 9.66. The van der Waals surface area contributed by atoms with E-state index in [2.05, 4.69) is 13.0 Å². The molecule has 0 aliphatic carbocycles. The minimum atomic E-state index is 0.124. The molecule has 0 atom stereocenters. The fourth-order valence-electron chi connectivity index (χ4n) is 2.16. The molecule has 3 nitrogen and oxygen atoms in total. The Hall–Kier alpha value is -1.61. The lowest BCUT2D eigenvalue weighted by molar-refractivity contribution is 0.0987. The predicted octanol–water partition coefficient (Wildman–Crippen LogP) is 2.02. The van der Waals surface area contributed by atoms with Crippen molar-refractivity contribution in [3.63, 3.8) is 0 Å². The first-order valence-electron chi connectivity index (χ1n) is 5.43. The molecule has 16 heavy (non-hydrogen) atoms. The smallest absolute Gasteiger partial charge is 0.166 e. The van der Waals surface area contributed by atoms with Gasteiger partial charge in [0.15, 0.2) is 5.78 Å². The van der Waals surface area contributed by atoms with E-state index in [0.717, 1.165) is 16.5 Å². The zero-order valence-electron chi connectivity index (χ0n) is 9.66. The number of aromatic nitrogens is 1. The molecule has 0 unspecified atom stereocenters. The van der Waals surface area contributed by atoms with Crippen molar-refractivity contribution in [2.75, 3.05) is 6.54 Å². The number of rotatable bonds is 3. The fourth-order valence-corrected chi connectivity index (χ4v) is 2.16. The van der Waals surface area contributed by atoms with Crippen molar-refractivity contribution in [2.24, 2.45) is 12.8 Å². The predicted molar refractivity (Wildman–Crippen MR) is 65.7 cm³/mol. The van der Waals surface area contributed by atoms with Crippen LogP contribution in [0.2, 0.25) is 0 Å². The summed E-state index contributed by atoms with van der Waals surface area (Å²) in [5.74, 6) is 0.124. The molecule has 3 heteroatoms. The monoisotopic (exact) mass is 216 g/mol. The van der Waals surface area contributed by atoms with E-state index in [0.29, 0.717) is 13.0 Å². The maximum atomic E-state index is 11.9. The summed E-state index contributed by atoms with van der Waals surface area (Å²) in [6.07, 6.45) is 2.31. The SMILES string of the molecule is Cc1cccc2c(C(=O)CCN)cn(C)c12. The number of ketones is 1. The minimum absolute atomic E-state index is 0.124. The lowest BCUT2D eigenvalue weighted by Crippen LogP contribution is -2.07. The first-order valence-corrected chi connectivity index (χ1v) is 5.43. The summed E-state index contributed by atoms with van der Waals surface area (Å²) in [5.41, 5.74) is 8.52. The topological polar surface area (TPSA) is 48.0 Å². The number of aryl methyl sites for hydroxylation is 2. The third-order valence-electron chi connectivity index (χ3n) is 2.88. The summed E-state index contributed by atoms with van der Waals surface area (Å²) >= 11 is 0. The van der Waals surface area contributed by atoms with Gasteiger partial charge in [-0.15, -0.1) is 0 Å². The normalized spacial score (nSPS) is 10.9. The molecule has 0 amide bonds. The second-order valence-electron chi connectivity index (χ2n) is 4.09. The molecule has 0 aliphatic heterocycles. The molecule has 0 saturated heterocycles. The van der Waals surface area contributed by atoms with E-state index in [-0.39, 0.29) is 5.78 Å². The molecule has 0 fully saturated rings. The third-order valence-corrected chi connectivity index (χ3v) is 2.88. The number of benzene rings is 1. The molecule has 1 aromatic carbocycles. The highest BCUT2D eigenvalue weighted by molar-refractivity contribution is 6.08. The largest absolute Gasteiger partial charge is 0.350 e. The Morgan fingerprint density at radius 2 is 2.19 bits per heavy atom. The number of hydrogen-bond acceptors (Lipinski definition) is 2. The fraction of sp³-hybridized carbons (Fsp3) is 0.308. The molecule has 0 spiro atoms. The standard InChI is InChI=1S/C13H16N2O/c1-9-4-3-5-10-11(12(16)6-7-14)8-15(2)13(9)10/h3-5,8H,6-7,14H2,1-2H3. The number of fused-ring (bicyclic) bond motifs is 1. The van der Waals surface area contributed by atoms with Crippen molar-refractivity contribution < 1.29 is 4.79 Å². The highest BCUT2D eigenvalue weighted by Gasteiger charge is 2.13. The molecular formula is C13H16N2O. The van der Waals surface area contributed by atoms with Gasteiger partial charge in [-0.2, -0.15) is 0 Å². The summed E-state index contributed by atoms with van der Waals surface area (Å²) in [7, 11) is 1.97. The van der Waals surface area contributed by atoms with Crippen molar-refractivity contribution >= 4 is 16.7 Å². The van der Waals surface area contributed by atoms with Gasteiger partial charge in [0.1, 0.15) is 0 Å². The molecule has 0 radical (unpaired) electrons. The number of carbonyl (C=O) groups excluding carboxylic acids is 1. The van der Waals surface area contributed by atoms with Gasteiger partial charge in [0.25, 0.3) is 0 Å². The summed E-state index contributed by atoms with van der Waals surface area (Å²) in [5, 5.41) is 1.03. The molecule has 2 rings (SSSR count). The maximum absolute atomic E-state index is 11.9. The third kappa shape index (κ3) is 1.63. The van der Waals surface area contributed by atoms with Crippen LogP contribution in [0.15, 0.2) is 24.4 Å². The molecule has 84 valence electrons. The summed E-state index contributed by atoms with van der Waals surface area (Å²) < 4.78 is 2.01. The molecule has 0 saturated carbocycles. The van der Waals surface area contributed by atoms with Crippen LogP contribution in [-0.2, 0) is 7.05 Å². The van der Waals surface area contributed by atoms with Crippen molar-refractivity contribution in [2.45, 2.75) is 13.3 Å². The van der Waals surface area contributed by atoms with Gasteiger partial charge < -0.3 is 10.3 Å². The minimum Gasteiger partial charge on any atom is -0.350 e. The Bertz CT molecular complexity index is 540. The van der Waals surface area contributed by atoms with Crippen molar-refractivity contribution in [1.82, 2.24) is 4.57 Å². The Morgan fingerprint density at radius 3 is 2.88 bits per heavy atom. The van der Waals surface area contributed by atoms with Gasteiger partial charge in [-0.25, -0.2) is 0 Å². The van der Waals surface area contributed by atoms with Crippen LogP contribution in [0.4, 0.5) is 0 Å². The second-order valence-corrected chi connectivity index (χ2v) is 4.09. The van der Waals surface area contributed by atoms with Gasteiger partial charge in [-0.3, -0.25) is 4.79 Å². The van der Waals surface area contributed by atoms with E-state index >= 15 is 0 Å². The van der Waals surface area contributed by atoms with Crippen molar-refractivity contribution in [1.29, 1.82) is 0 Å². The highest BCUT2D eigenvalue weighted by atomic mass is 16.1. The molecular weight excluding hydrogens is 200 g/mol. The first kappa shape index (κ1) is 10.9. The number of carbonyl (C=O) groups is 1. The van der Waals surface area contributed by atoms with Crippen LogP contribution in [0.5, 0.6) is 0 Å². The molecule has 2 N–H and O–H groups in total. The molecule has 1 heterocycles. The van der Waals surface area contributed by atoms with Crippen molar-refractivity contribution in [3.8, 4) is 0 Å². The van der Waals surface area contributed by atoms with Crippen LogP contribution in [-0.4, -0.2) is 16.9 Å². The van der Waals surface area contributed by atoms with Gasteiger partial charge in [0, 0.05) is 30.6 Å². The van der Waals surface area contributed by atoms with Crippen LogP contribution in [0.3, 0.4) is 0 Å². The van der Waals surface area contributed by atoms with E-state index in [9.17, 15) is 4.79 Å². The quantitative estimate of drug-likeness (QED) is 0.798. The van der Waals surface area contributed by atoms with Gasteiger partial charge in [0.05, 0.1) is 5.52 Å². The molecule has 2 aromatic rings. The summed E-state index contributed by atoms with van der Waals surface area (Å²) in [6.45, 7) is 2.46. The van der Waals surface area contributed by atoms with Crippen LogP contribution in [0, 0.1) is 6.92 Å². The number of Topliss-reactive ketones (excluding diaryl/α,β-unsaturated/α-hetero) is 1. The Labute approximate surface area is 94.9 Å². The van der Waals surface area contributed by atoms with Gasteiger partial charge >= 0.3 is 0 Å². The zero-order chi connectivity index (χ0) is 11.7. The van der Waals surface area contributed by atoms with Crippen LogP contribution in [0.1, 0.15) is 22.3 Å². The summed E-state index contributed by atoms with van der Waals surface area (Å²) in [4.78, 5) is 11.9. The Balaban J connectivity index is 2.64. The average Bonchev–Trinajstić information content (AvgIpc) is 2.58. The van der Waals surface area contributed by atoms with E-state index < -0.39 is 0 Å². The van der Waals surface area contributed by atoms with Crippen molar-refractivity contribution in [3.05, 3.63) is 35.5 Å². The number of nitrogens with two attached hydrogens (primary N) is 1. The highest BCUT2D eigenvalue weighted by Crippen LogP contribution is 2.24. The Kier molecular flexibility index (Phi) is 2.79. The van der Waals surface area contributed by atoms with Crippen LogP contribution in [0.25, 0.3) is 10.9 Å². The second kappa shape index (κ2) is 4.10. The van der Waals surface area contributed by atoms with E-state index in [1.165, 1.54) is 5.56 Å². The van der Waals surface area contributed by atoms with Crippen LogP contribution >= 0.6 is 0 Å². The van der Waals surface area contributed by atoms with E-state index in [1.807, 2.05) is 29.9 Å². The van der Waals surface area contributed by atoms with Gasteiger partial charge in [0.2, 0.25) is 0 Å². The van der Waals surface area contributed by atoms with Gasteiger partial charge in [-0.1, -0.05) is 18.2 Å². The Morgan fingerprint density at radius 1 is 1.44 bits per heavy atom. The maximum Gasteiger partial charge on any atom is 0.166 e. The molecule has 0 bridgehead atoms. The molecule has 0 aliphatic rings. The lowest BCUT2D eigenvalue weighted by Gasteiger charge is -2.00. The first-order chi connectivity index (χ1) is 7.65. The number of hydrogen-bond donors (Lipinski definition) is 1. The number of para-hydroxylation sites is 1. The molecule has 1 aromatic heterocycles. The van der Waals surface area contributed by atoms with E-state index in [4.69, 9.17) is 5.73 Å². The van der Waals surface area contributed by atoms with E-state index in [1.54, 1.807) is 0 Å².